The van der Waals surface area contributed by atoms with Crippen molar-refractivity contribution < 1.29 is 28.9 Å². The van der Waals surface area contributed by atoms with Crippen LogP contribution in [0.2, 0.25) is 0 Å². The lowest BCUT2D eigenvalue weighted by atomic mass is 9.87. The number of carbonyl (C=O) groups excluding carboxylic acids is 2. The Kier molecular flexibility index (Phi) is 7.43. The number of benzene rings is 1. The van der Waals surface area contributed by atoms with Crippen molar-refractivity contribution in [3.05, 3.63) is 29.3 Å². The summed E-state index contributed by atoms with van der Waals surface area (Å²) in [5.41, 5.74) is 1.80. The number of hydrogen-bond acceptors (Lipinski definition) is 7. The molecule has 0 unspecified atom stereocenters. The summed E-state index contributed by atoms with van der Waals surface area (Å²) < 4.78 is 16.6. The van der Waals surface area contributed by atoms with Crippen molar-refractivity contribution in [1.29, 1.82) is 0 Å². The molecule has 0 spiro atoms. The van der Waals surface area contributed by atoms with Crippen LogP contribution in [-0.2, 0) is 31.9 Å². The molecule has 1 aromatic rings. The van der Waals surface area contributed by atoms with Gasteiger partial charge < -0.3 is 24.6 Å². The molecular formula is C21H31NO6. The van der Waals surface area contributed by atoms with Gasteiger partial charge in [-0.05, 0) is 32.4 Å². The van der Waals surface area contributed by atoms with Gasteiger partial charge in [0.25, 0.3) is 0 Å². The third-order valence-electron chi connectivity index (χ3n) is 4.41. The summed E-state index contributed by atoms with van der Waals surface area (Å²) in [6, 6.07) is 5.64. The summed E-state index contributed by atoms with van der Waals surface area (Å²) in [7, 11) is 0. The zero-order valence-electron chi connectivity index (χ0n) is 17.3. The van der Waals surface area contributed by atoms with E-state index in [9.17, 15) is 14.7 Å². The first-order chi connectivity index (χ1) is 13.0. The molecule has 28 heavy (non-hydrogen) atoms. The molecule has 3 atom stereocenters. The molecule has 0 radical (unpaired) electrons. The minimum Gasteiger partial charge on any atom is -0.491 e. The molecule has 0 amide bonds. The number of aliphatic hydroxyl groups is 1. The number of rotatable bonds is 7. The second-order valence-electron chi connectivity index (χ2n) is 8.19. The maximum Gasteiger partial charge on any atom is 0.303 e. The van der Waals surface area contributed by atoms with E-state index < -0.39 is 30.3 Å². The maximum atomic E-state index is 11.5. The standard InChI is InChI=1S/C21H31NO6/c1-13(23)27-19-9-15-7-6-8-18(17(15)10-20(19)28-14(2)24)26-12-16(25)11-22-21(3,4)5/h6-8,16,19-20,22,25H,9-12H2,1-5H3/t16-,19-,20-/m1/s1. The van der Waals surface area contributed by atoms with Crippen LogP contribution < -0.4 is 10.1 Å². The summed E-state index contributed by atoms with van der Waals surface area (Å²) in [6.07, 6.45) is -0.911. The summed E-state index contributed by atoms with van der Waals surface area (Å²) in [5, 5.41) is 13.4. The highest BCUT2D eigenvalue weighted by atomic mass is 16.6. The minimum atomic E-state index is -0.656. The third kappa shape index (κ3) is 6.80. The highest BCUT2D eigenvalue weighted by Gasteiger charge is 2.34. The normalized spacial score (nSPS) is 20.1. The van der Waals surface area contributed by atoms with Gasteiger partial charge in [-0.15, -0.1) is 0 Å². The highest BCUT2D eigenvalue weighted by Crippen LogP contribution is 2.32. The van der Waals surface area contributed by atoms with E-state index in [0.717, 1.165) is 11.1 Å². The van der Waals surface area contributed by atoms with Gasteiger partial charge in [0.15, 0.2) is 0 Å². The van der Waals surface area contributed by atoms with Crippen LogP contribution >= 0.6 is 0 Å². The second-order valence-corrected chi connectivity index (χ2v) is 8.19. The first-order valence-corrected chi connectivity index (χ1v) is 9.56. The zero-order valence-corrected chi connectivity index (χ0v) is 17.3. The van der Waals surface area contributed by atoms with Crippen LogP contribution in [0.3, 0.4) is 0 Å². The Hall–Kier alpha value is -2.12. The minimum absolute atomic E-state index is 0.0874. The third-order valence-corrected chi connectivity index (χ3v) is 4.41. The summed E-state index contributed by atoms with van der Waals surface area (Å²) in [6.45, 7) is 9.33. The smallest absolute Gasteiger partial charge is 0.303 e. The van der Waals surface area contributed by atoms with Crippen molar-refractivity contribution in [2.24, 2.45) is 0 Å². The second kappa shape index (κ2) is 9.39. The molecule has 2 rings (SSSR count). The lowest BCUT2D eigenvalue weighted by Crippen LogP contribution is -2.42. The number of carbonyl (C=O) groups is 2. The molecular weight excluding hydrogens is 362 g/mol. The number of β-amino-alcohol motifs (C(OH)–C–C–N with tert-alkyl or cyclic N) is 1. The van der Waals surface area contributed by atoms with E-state index >= 15 is 0 Å². The maximum absolute atomic E-state index is 11.5. The van der Waals surface area contributed by atoms with Gasteiger partial charge in [-0.25, -0.2) is 0 Å². The topological polar surface area (TPSA) is 94.1 Å². The largest absolute Gasteiger partial charge is 0.491 e. The number of esters is 2. The van der Waals surface area contributed by atoms with Crippen molar-refractivity contribution in [1.82, 2.24) is 5.32 Å². The molecule has 0 bridgehead atoms. The highest BCUT2D eigenvalue weighted by molar-refractivity contribution is 5.67. The fourth-order valence-electron chi connectivity index (χ4n) is 3.18. The molecule has 7 heteroatoms. The van der Waals surface area contributed by atoms with E-state index in [1.54, 1.807) is 0 Å². The summed E-state index contributed by atoms with van der Waals surface area (Å²) >= 11 is 0. The first kappa shape index (κ1) is 22.2. The van der Waals surface area contributed by atoms with Gasteiger partial charge >= 0.3 is 11.9 Å². The van der Waals surface area contributed by atoms with E-state index in [4.69, 9.17) is 14.2 Å². The molecule has 0 saturated heterocycles. The molecule has 2 N–H and O–H groups in total. The molecule has 7 nitrogen and oxygen atoms in total. The summed E-state index contributed by atoms with van der Waals surface area (Å²) in [5.74, 6) is -0.189. The van der Waals surface area contributed by atoms with Crippen LogP contribution in [0.25, 0.3) is 0 Å². The zero-order chi connectivity index (χ0) is 20.9. The van der Waals surface area contributed by atoms with Gasteiger partial charge in [-0.1, -0.05) is 12.1 Å². The average Bonchev–Trinajstić information content (AvgIpc) is 2.57. The van der Waals surface area contributed by atoms with Gasteiger partial charge in [0, 0.05) is 44.3 Å². The van der Waals surface area contributed by atoms with Crippen LogP contribution in [0.4, 0.5) is 0 Å². The number of ether oxygens (including phenoxy) is 3. The molecule has 1 aliphatic rings. The van der Waals surface area contributed by atoms with Crippen molar-refractivity contribution in [3.8, 4) is 5.75 Å². The van der Waals surface area contributed by atoms with Crippen LogP contribution in [0.5, 0.6) is 5.75 Å². The van der Waals surface area contributed by atoms with Crippen LogP contribution in [-0.4, -0.2) is 54.0 Å². The predicted molar refractivity (Wildman–Crippen MR) is 104 cm³/mol. The fraction of sp³-hybridized carbons (Fsp3) is 0.619. The van der Waals surface area contributed by atoms with Crippen molar-refractivity contribution >= 4 is 11.9 Å². The molecule has 0 aromatic heterocycles. The molecule has 0 saturated carbocycles. The van der Waals surface area contributed by atoms with Gasteiger partial charge in [-0.2, -0.15) is 0 Å². The van der Waals surface area contributed by atoms with E-state index in [2.05, 4.69) is 5.32 Å². The SMILES string of the molecule is CC(=O)O[C@@H]1Cc2cccc(OC[C@H](O)CNC(C)(C)C)c2C[C@H]1OC(C)=O. The number of nitrogens with one attached hydrogen (secondary N) is 1. The van der Waals surface area contributed by atoms with E-state index in [1.165, 1.54) is 13.8 Å². The molecule has 0 aliphatic heterocycles. The van der Waals surface area contributed by atoms with Crippen molar-refractivity contribution in [3.63, 3.8) is 0 Å². The quantitative estimate of drug-likeness (QED) is 0.682. The lowest BCUT2D eigenvalue weighted by molar-refractivity contribution is -0.166. The Morgan fingerprint density at radius 1 is 1.14 bits per heavy atom. The molecule has 1 aliphatic carbocycles. The molecule has 1 aromatic carbocycles. The van der Waals surface area contributed by atoms with E-state index in [1.807, 2.05) is 39.0 Å². The summed E-state index contributed by atoms with van der Waals surface area (Å²) in [4.78, 5) is 22.9. The van der Waals surface area contributed by atoms with E-state index in [-0.39, 0.29) is 12.1 Å². The Morgan fingerprint density at radius 2 is 1.75 bits per heavy atom. The molecule has 0 fully saturated rings. The Morgan fingerprint density at radius 3 is 2.32 bits per heavy atom. The van der Waals surface area contributed by atoms with Crippen molar-refractivity contribution in [2.75, 3.05) is 13.2 Å². The Bertz CT molecular complexity index is 697. The average molecular weight is 393 g/mol. The van der Waals surface area contributed by atoms with Gasteiger partial charge in [0.05, 0.1) is 0 Å². The Labute approximate surface area is 166 Å². The number of fused-ring (bicyclic) bond motifs is 1. The van der Waals surface area contributed by atoms with Gasteiger partial charge in [0.2, 0.25) is 0 Å². The van der Waals surface area contributed by atoms with Crippen molar-refractivity contribution in [2.45, 2.75) is 71.3 Å². The Balaban J connectivity index is 2.10. The van der Waals surface area contributed by atoms with Crippen LogP contribution in [0.15, 0.2) is 18.2 Å². The number of hydrogen-bond donors (Lipinski definition) is 2. The number of aliphatic hydroxyl groups excluding tert-OH is 1. The van der Waals surface area contributed by atoms with Crippen LogP contribution in [0.1, 0.15) is 45.7 Å². The predicted octanol–water partition coefficient (Wildman–Crippen LogP) is 1.78. The fourth-order valence-corrected chi connectivity index (χ4v) is 3.18. The van der Waals surface area contributed by atoms with Gasteiger partial charge in [0.1, 0.15) is 30.7 Å². The van der Waals surface area contributed by atoms with Gasteiger partial charge in [-0.3, -0.25) is 9.59 Å². The van der Waals surface area contributed by atoms with E-state index in [0.29, 0.717) is 25.1 Å². The van der Waals surface area contributed by atoms with Crippen LogP contribution in [0, 0.1) is 0 Å². The monoisotopic (exact) mass is 393 g/mol. The molecule has 156 valence electrons. The first-order valence-electron chi connectivity index (χ1n) is 9.56. The lowest BCUT2D eigenvalue weighted by Gasteiger charge is -2.32. The molecule has 0 heterocycles.